The molecule has 0 saturated carbocycles. The number of hydrogen-bond donors (Lipinski definition) is 7. The molecule has 0 saturated heterocycles. The molecule has 9 nitrogen and oxygen atoms in total. The third kappa shape index (κ3) is 6.99. The smallest absolute Gasteiger partial charge is 0.335 e. The van der Waals surface area contributed by atoms with E-state index in [0.717, 1.165) is 5.56 Å². The summed E-state index contributed by atoms with van der Waals surface area (Å²) in [5.41, 5.74) is 0.808. The van der Waals surface area contributed by atoms with E-state index in [1.807, 2.05) is 0 Å². The highest BCUT2D eigenvalue weighted by atomic mass is 16.4. The van der Waals surface area contributed by atoms with Gasteiger partial charge in [0.1, 0.15) is 5.75 Å². The van der Waals surface area contributed by atoms with Crippen LogP contribution in [0, 0.1) is 0 Å². The number of phenolic OH excluding ortho intramolecular Hbond substituents is 1. The van der Waals surface area contributed by atoms with E-state index in [2.05, 4.69) is 5.32 Å². The SMILES string of the molecule is CNCC(O)c1ccc(O)cc1.O=C(O)[C@H](O)[C@@H](O)C(=O)O. The van der Waals surface area contributed by atoms with Crippen LogP contribution in [0.1, 0.15) is 11.7 Å². The van der Waals surface area contributed by atoms with E-state index < -0.39 is 30.3 Å². The zero-order valence-corrected chi connectivity index (χ0v) is 11.7. The second kappa shape index (κ2) is 9.68. The Labute approximate surface area is 126 Å². The number of aromatic hydroxyl groups is 1. The number of aliphatic hydroxyl groups is 3. The maximum absolute atomic E-state index is 9.77. The van der Waals surface area contributed by atoms with Crippen LogP contribution in [0.25, 0.3) is 0 Å². The molecule has 7 N–H and O–H groups in total. The van der Waals surface area contributed by atoms with Gasteiger partial charge >= 0.3 is 11.9 Å². The van der Waals surface area contributed by atoms with E-state index in [0.29, 0.717) is 6.54 Å². The molecule has 1 aromatic rings. The standard InChI is InChI=1S/C9H13NO2.C4H6O6/c1-10-6-9(12)7-2-4-8(11)5-3-7;5-1(3(7)8)2(6)4(9)10/h2-5,9-12H,6H2,1H3;1-2,5-6H,(H,7,8)(H,9,10)/t;1-,2-/m.1/s1. The molecule has 0 aliphatic rings. The Hall–Kier alpha value is -2.20. The molecule has 0 aliphatic heterocycles. The molecule has 0 bridgehead atoms. The van der Waals surface area contributed by atoms with Gasteiger partial charge in [0.25, 0.3) is 0 Å². The van der Waals surface area contributed by atoms with Crippen molar-refractivity contribution >= 4 is 11.9 Å². The molecule has 1 aromatic carbocycles. The van der Waals surface area contributed by atoms with Gasteiger partial charge in [-0.15, -0.1) is 0 Å². The zero-order chi connectivity index (χ0) is 17.3. The lowest BCUT2D eigenvalue weighted by Gasteiger charge is -2.09. The Morgan fingerprint density at radius 3 is 1.73 bits per heavy atom. The fourth-order valence-corrected chi connectivity index (χ4v) is 1.28. The summed E-state index contributed by atoms with van der Waals surface area (Å²) in [6.45, 7) is 0.519. The maximum atomic E-state index is 9.77. The summed E-state index contributed by atoms with van der Waals surface area (Å²) in [6.07, 6.45) is -5.04. The number of aliphatic hydroxyl groups excluding tert-OH is 3. The second-order valence-electron chi connectivity index (χ2n) is 4.23. The lowest BCUT2D eigenvalue weighted by Crippen LogP contribution is -2.39. The lowest BCUT2D eigenvalue weighted by atomic mass is 10.1. The second-order valence-corrected chi connectivity index (χ2v) is 4.23. The molecule has 0 aliphatic carbocycles. The lowest BCUT2D eigenvalue weighted by molar-refractivity contribution is -0.165. The van der Waals surface area contributed by atoms with Crippen LogP contribution in [0.2, 0.25) is 0 Å². The molecule has 0 aromatic heterocycles. The van der Waals surface area contributed by atoms with Gasteiger partial charge in [-0.2, -0.15) is 0 Å². The van der Waals surface area contributed by atoms with E-state index in [-0.39, 0.29) is 5.75 Å². The topological polar surface area (TPSA) is 168 Å². The number of rotatable bonds is 6. The van der Waals surface area contributed by atoms with Crippen molar-refractivity contribution < 1.29 is 40.2 Å². The Morgan fingerprint density at radius 2 is 1.41 bits per heavy atom. The summed E-state index contributed by atoms with van der Waals surface area (Å²) in [7, 11) is 1.78. The van der Waals surface area contributed by atoms with Crippen molar-refractivity contribution in [1.29, 1.82) is 0 Å². The fourth-order valence-electron chi connectivity index (χ4n) is 1.28. The minimum Gasteiger partial charge on any atom is -0.508 e. The average Bonchev–Trinajstić information content (AvgIpc) is 2.47. The van der Waals surface area contributed by atoms with Gasteiger partial charge in [-0.05, 0) is 24.7 Å². The predicted molar refractivity (Wildman–Crippen MR) is 74.3 cm³/mol. The van der Waals surface area contributed by atoms with E-state index in [1.165, 1.54) is 0 Å². The van der Waals surface area contributed by atoms with Gasteiger partial charge in [0.2, 0.25) is 0 Å². The molecular weight excluding hydrogens is 298 g/mol. The number of carbonyl (C=O) groups is 2. The number of carboxylic acids is 2. The largest absolute Gasteiger partial charge is 0.508 e. The first-order valence-corrected chi connectivity index (χ1v) is 6.14. The van der Waals surface area contributed by atoms with Gasteiger partial charge in [0, 0.05) is 6.54 Å². The van der Waals surface area contributed by atoms with Crippen molar-refractivity contribution in [2.45, 2.75) is 18.3 Å². The van der Waals surface area contributed by atoms with Gasteiger partial charge in [-0.3, -0.25) is 0 Å². The quantitative estimate of drug-likeness (QED) is 0.331. The van der Waals surface area contributed by atoms with Crippen LogP contribution in [0.5, 0.6) is 5.75 Å². The van der Waals surface area contributed by atoms with E-state index in [1.54, 1.807) is 31.3 Å². The van der Waals surface area contributed by atoms with Crippen LogP contribution in [0.3, 0.4) is 0 Å². The number of benzene rings is 1. The van der Waals surface area contributed by atoms with E-state index in [4.69, 9.17) is 25.5 Å². The number of nitrogens with one attached hydrogen (secondary N) is 1. The Bertz CT molecular complexity index is 457. The molecule has 3 atom stereocenters. The van der Waals surface area contributed by atoms with Crippen molar-refractivity contribution in [2.75, 3.05) is 13.6 Å². The molecule has 22 heavy (non-hydrogen) atoms. The van der Waals surface area contributed by atoms with Gasteiger partial charge in [0.15, 0.2) is 12.2 Å². The van der Waals surface area contributed by atoms with E-state index >= 15 is 0 Å². The normalized spacial score (nSPS) is 14.2. The van der Waals surface area contributed by atoms with Gasteiger partial charge in [0.05, 0.1) is 6.10 Å². The van der Waals surface area contributed by atoms with Crippen LogP contribution in [-0.2, 0) is 9.59 Å². The number of hydrogen-bond acceptors (Lipinski definition) is 7. The van der Waals surface area contributed by atoms with Gasteiger partial charge < -0.3 is 36.0 Å². The van der Waals surface area contributed by atoms with Crippen molar-refractivity contribution in [3.05, 3.63) is 29.8 Å². The predicted octanol–water partition coefficient (Wildman–Crippen LogP) is -1.48. The molecule has 0 amide bonds. The number of phenols is 1. The summed E-state index contributed by atoms with van der Waals surface area (Å²) in [5.74, 6) is -3.32. The van der Waals surface area contributed by atoms with Crippen LogP contribution in [-0.4, -0.2) is 68.4 Å². The minimum atomic E-state index is -2.27. The summed E-state index contributed by atoms with van der Waals surface area (Å²) in [5, 5.41) is 53.8. The first-order chi connectivity index (χ1) is 10.2. The van der Waals surface area contributed by atoms with Crippen LogP contribution in [0.15, 0.2) is 24.3 Å². The Morgan fingerprint density at radius 1 is 1.00 bits per heavy atom. The Kier molecular flexibility index (Phi) is 8.72. The van der Waals surface area contributed by atoms with Gasteiger partial charge in [-0.1, -0.05) is 12.1 Å². The highest BCUT2D eigenvalue weighted by Gasteiger charge is 2.29. The van der Waals surface area contributed by atoms with E-state index in [9.17, 15) is 14.7 Å². The van der Waals surface area contributed by atoms with Crippen molar-refractivity contribution in [3.8, 4) is 5.75 Å². The third-order valence-corrected chi connectivity index (χ3v) is 2.48. The third-order valence-electron chi connectivity index (χ3n) is 2.48. The summed E-state index contributed by atoms with van der Waals surface area (Å²) in [4.78, 5) is 19.5. The number of likely N-dealkylation sites (N-methyl/N-ethyl adjacent to an activating group) is 1. The van der Waals surface area contributed by atoms with Crippen molar-refractivity contribution in [1.82, 2.24) is 5.32 Å². The molecule has 1 rings (SSSR count). The average molecular weight is 317 g/mol. The minimum absolute atomic E-state index is 0.218. The summed E-state index contributed by atoms with van der Waals surface area (Å²) < 4.78 is 0. The number of aliphatic carboxylic acids is 2. The summed E-state index contributed by atoms with van der Waals surface area (Å²) in [6, 6.07) is 6.54. The number of carboxylic acid groups (broad SMARTS) is 2. The van der Waals surface area contributed by atoms with Crippen LogP contribution in [0.4, 0.5) is 0 Å². The molecule has 0 fully saturated rings. The zero-order valence-electron chi connectivity index (χ0n) is 11.7. The maximum Gasteiger partial charge on any atom is 0.335 e. The molecule has 0 heterocycles. The summed E-state index contributed by atoms with van der Waals surface area (Å²) >= 11 is 0. The highest BCUT2D eigenvalue weighted by molar-refractivity contribution is 5.83. The molecule has 0 radical (unpaired) electrons. The first kappa shape index (κ1) is 19.8. The molecule has 1 unspecified atom stereocenters. The first-order valence-electron chi connectivity index (χ1n) is 6.14. The monoisotopic (exact) mass is 317 g/mol. The van der Waals surface area contributed by atoms with Crippen LogP contribution >= 0.6 is 0 Å². The van der Waals surface area contributed by atoms with Crippen LogP contribution < -0.4 is 5.32 Å². The molecule has 9 heteroatoms. The highest BCUT2D eigenvalue weighted by Crippen LogP contribution is 2.15. The molecular formula is C13H19NO8. The molecule has 124 valence electrons. The van der Waals surface area contributed by atoms with Crippen molar-refractivity contribution in [2.24, 2.45) is 0 Å². The fraction of sp³-hybridized carbons (Fsp3) is 0.385. The molecule has 0 spiro atoms. The Balaban J connectivity index is 0.000000409. The van der Waals surface area contributed by atoms with Crippen molar-refractivity contribution in [3.63, 3.8) is 0 Å². The van der Waals surface area contributed by atoms with Gasteiger partial charge in [-0.25, -0.2) is 9.59 Å².